The molecular weight excluding hydrogens is 204 g/mol. The lowest BCUT2D eigenvalue weighted by Crippen LogP contribution is -2.10. The molecule has 0 spiro atoms. The van der Waals surface area contributed by atoms with Crippen molar-refractivity contribution in [2.75, 3.05) is 0 Å². The van der Waals surface area contributed by atoms with Crippen LogP contribution in [0.25, 0.3) is 0 Å². The predicted octanol–water partition coefficient (Wildman–Crippen LogP) is 3.44. The van der Waals surface area contributed by atoms with Gasteiger partial charge in [-0.2, -0.15) is 0 Å². The van der Waals surface area contributed by atoms with Crippen molar-refractivity contribution >= 4 is 6.16 Å². The van der Waals surface area contributed by atoms with Gasteiger partial charge in [0.25, 0.3) is 0 Å². The van der Waals surface area contributed by atoms with Gasteiger partial charge in [-0.15, -0.1) is 0 Å². The van der Waals surface area contributed by atoms with E-state index in [0.717, 1.165) is 12.8 Å². The van der Waals surface area contributed by atoms with E-state index >= 15 is 0 Å². The van der Waals surface area contributed by atoms with E-state index < -0.39 is 6.16 Å². The molecule has 16 heavy (non-hydrogen) atoms. The summed E-state index contributed by atoms with van der Waals surface area (Å²) in [7, 11) is 0. The van der Waals surface area contributed by atoms with E-state index in [2.05, 4.69) is 0 Å². The van der Waals surface area contributed by atoms with Crippen LogP contribution in [0.2, 0.25) is 0 Å². The quantitative estimate of drug-likeness (QED) is 0.561. The fraction of sp³-hybridized carbons (Fsp3) is 0.154. The fourth-order valence-corrected chi connectivity index (χ4v) is 1.37. The zero-order chi connectivity index (χ0) is 11.2. The maximum atomic E-state index is 11.4. The number of carbonyl (C=O) groups excluding carboxylic acids is 1. The van der Waals surface area contributed by atoms with Crippen LogP contribution in [0, 0.1) is 0 Å². The number of allylic oxidation sites excluding steroid dienone is 3. The van der Waals surface area contributed by atoms with Crippen LogP contribution in [-0.2, 0) is 4.74 Å². The minimum absolute atomic E-state index is 0.480. The fourth-order valence-electron chi connectivity index (χ4n) is 1.37. The molecule has 1 aliphatic rings. The van der Waals surface area contributed by atoms with Crippen molar-refractivity contribution < 1.29 is 14.3 Å². The smallest absolute Gasteiger partial charge is 0.395 e. The van der Waals surface area contributed by atoms with Crippen molar-refractivity contribution in [1.29, 1.82) is 0 Å². The number of carbonyl (C=O) groups is 1. The monoisotopic (exact) mass is 216 g/mol. The summed E-state index contributed by atoms with van der Waals surface area (Å²) in [6, 6.07) is 8.84. The summed E-state index contributed by atoms with van der Waals surface area (Å²) in [6.07, 6.45) is 6.78. The first kappa shape index (κ1) is 10.5. The lowest BCUT2D eigenvalue weighted by atomic mass is 10.2. The van der Waals surface area contributed by atoms with Gasteiger partial charge in [0.1, 0.15) is 11.5 Å². The average Bonchev–Trinajstić information content (AvgIpc) is 2.31. The molecule has 0 saturated heterocycles. The summed E-state index contributed by atoms with van der Waals surface area (Å²) in [5.41, 5.74) is 0. The van der Waals surface area contributed by atoms with Gasteiger partial charge >= 0.3 is 6.16 Å². The van der Waals surface area contributed by atoms with E-state index in [1.807, 2.05) is 18.2 Å². The number of hydrogen-bond donors (Lipinski definition) is 0. The Kier molecular flexibility index (Phi) is 3.38. The largest absolute Gasteiger partial charge is 0.519 e. The molecule has 0 N–H and O–H groups in total. The van der Waals surface area contributed by atoms with E-state index in [0.29, 0.717) is 11.5 Å². The van der Waals surface area contributed by atoms with Crippen LogP contribution < -0.4 is 4.74 Å². The Morgan fingerprint density at radius 3 is 2.56 bits per heavy atom. The normalized spacial score (nSPS) is 14.1. The number of para-hydroxylation sites is 1. The SMILES string of the molecule is O=C(OC1=CCCC=C1)Oc1ccccc1. The second-order valence-corrected chi connectivity index (χ2v) is 3.35. The molecular formula is C13H12O3. The number of rotatable bonds is 2. The standard InChI is InChI=1S/C13H12O3/c14-13(15-11-7-3-1-4-8-11)16-12-9-5-2-6-10-12/h1,3-5,7-10H,2,6H2. The van der Waals surface area contributed by atoms with Crippen LogP contribution in [0.3, 0.4) is 0 Å². The molecule has 2 rings (SSSR count). The zero-order valence-corrected chi connectivity index (χ0v) is 8.76. The zero-order valence-electron chi connectivity index (χ0n) is 8.76. The van der Waals surface area contributed by atoms with Gasteiger partial charge in [-0.3, -0.25) is 0 Å². The molecule has 0 amide bonds. The lowest BCUT2D eigenvalue weighted by Gasteiger charge is -2.08. The maximum absolute atomic E-state index is 11.4. The molecule has 0 aromatic heterocycles. The number of hydrogen-bond acceptors (Lipinski definition) is 3. The van der Waals surface area contributed by atoms with Crippen molar-refractivity contribution in [2.24, 2.45) is 0 Å². The Labute approximate surface area is 94.0 Å². The Balaban J connectivity index is 1.89. The Bertz CT molecular complexity index is 418. The summed E-state index contributed by atoms with van der Waals surface area (Å²) in [5.74, 6) is 1.03. The maximum Gasteiger partial charge on any atom is 0.519 e. The molecule has 0 atom stereocenters. The highest BCUT2D eigenvalue weighted by molar-refractivity contribution is 5.65. The van der Waals surface area contributed by atoms with Crippen molar-refractivity contribution in [3.05, 3.63) is 54.3 Å². The van der Waals surface area contributed by atoms with Crippen molar-refractivity contribution in [2.45, 2.75) is 12.8 Å². The van der Waals surface area contributed by atoms with Crippen LogP contribution in [0.15, 0.2) is 54.3 Å². The summed E-state index contributed by atoms with van der Waals surface area (Å²) in [5, 5.41) is 0. The molecule has 0 heterocycles. The topological polar surface area (TPSA) is 35.5 Å². The van der Waals surface area contributed by atoms with Crippen molar-refractivity contribution in [3.63, 3.8) is 0 Å². The summed E-state index contributed by atoms with van der Waals surface area (Å²) < 4.78 is 9.99. The Morgan fingerprint density at radius 2 is 1.88 bits per heavy atom. The van der Waals surface area contributed by atoms with Crippen LogP contribution in [-0.4, -0.2) is 6.16 Å². The van der Waals surface area contributed by atoms with Gasteiger partial charge in [0.05, 0.1) is 0 Å². The van der Waals surface area contributed by atoms with E-state index in [1.165, 1.54) is 0 Å². The number of ether oxygens (including phenoxy) is 2. The molecule has 3 heteroatoms. The molecule has 1 aliphatic carbocycles. The van der Waals surface area contributed by atoms with Crippen molar-refractivity contribution in [1.82, 2.24) is 0 Å². The highest BCUT2D eigenvalue weighted by atomic mass is 16.7. The Morgan fingerprint density at radius 1 is 1.06 bits per heavy atom. The van der Waals surface area contributed by atoms with Gasteiger partial charge < -0.3 is 9.47 Å². The van der Waals surface area contributed by atoms with Gasteiger partial charge in [0.2, 0.25) is 0 Å². The van der Waals surface area contributed by atoms with Crippen LogP contribution >= 0.6 is 0 Å². The molecule has 0 saturated carbocycles. The van der Waals surface area contributed by atoms with Gasteiger partial charge in [-0.25, -0.2) is 4.79 Å². The molecule has 82 valence electrons. The first-order chi connectivity index (χ1) is 7.84. The molecule has 0 radical (unpaired) electrons. The third-order valence-electron chi connectivity index (χ3n) is 2.11. The third kappa shape index (κ3) is 2.98. The van der Waals surface area contributed by atoms with Crippen molar-refractivity contribution in [3.8, 4) is 5.75 Å². The molecule has 3 nitrogen and oxygen atoms in total. The molecule has 0 bridgehead atoms. The van der Waals surface area contributed by atoms with Gasteiger partial charge in [0.15, 0.2) is 0 Å². The first-order valence-corrected chi connectivity index (χ1v) is 5.16. The minimum atomic E-state index is -0.705. The average molecular weight is 216 g/mol. The molecule has 1 aromatic carbocycles. The van der Waals surface area contributed by atoms with E-state index in [9.17, 15) is 4.79 Å². The van der Waals surface area contributed by atoms with Gasteiger partial charge in [-0.1, -0.05) is 24.3 Å². The lowest BCUT2D eigenvalue weighted by molar-refractivity contribution is 0.129. The van der Waals surface area contributed by atoms with Gasteiger partial charge in [0, 0.05) is 0 Å². The van der Waals surface area contributed by atoms with E-state index in [1.54, 1.807) is 30.3 Å². The first-order valence-electron chi connectivity index (χ1n) is 5.16. The second kappa shape index (κ2) is 5.16. The molecule has 0 fully saturated rings. The number of benzene rings is 1. The molecule has 0 unspecified atom stereocenters. The highest BCUT2D eigenvalue weighted by Crippen LogP contribution is 2.14. The van der Waals surface area contributed by atoms with Crippen LogP contribution in [0.1, 0.15) is 12.8 Å². The molecule has 0 aliphatic heterocycles. The van der Waals surface area contributed by atoms with E-state index in [4.69, 9.17) is 9.47 Å². The summed E-state index contributed by atoms with van der Waals surface area (Å²) in [4.78, 5) is 11.4. The van der Waals surface area contributed by atoms with Crippen LogP contribution in [0.4, 0.5) is 4.79 Å². The van der Waals surface area contributed by atoms with Gasteiger partial charge in [-0.05, 0) is 37.1 Å². The Hall–Kier alpha value is -2.03. The summed E-state index contributed by atoms with van der Waals surface area (Å²) in [6.45, 7) is 0. The van der Waals surface area contributed by atoms with Crippen LogP contribution in [0.5, 0.6) is 5.75 Å². The minimum Gasteiger partial charge on any atom is -0.395 e. The summed E-state index contributed by atoms with van der Waals surface area (Å²) >= 11 is 0. The predicted molar refractivity (Wildman–Crippen MR) is 60.0 cm³/mol. The third-order valence-corrected chi connectivity index (χ3v) is 2.11. The highest BCUT2D eigenvalue weighted by Gasteiger charge is 2.08. The molecule has 1 aromatic rings. The second-order valence-electron chi connectivity index (χ2n) is 3.35. The van der Waals surface area contributed by atoms with E-state index in [-0.39, 0.29) is 0 Å².